The maximum atomic E-state index is 13.5. The Kier molecular flexibility index (Phi) is 9.89. The number of nitrogens with zero attached hydrogens (tertiary/aromatic N) is 2. The number of nitrogens with one attached hydrogen (secondary N) is 1. The molecule has 7 heteroatoms. The SMILES string of the molecule is Br.CCC[C@H]1CN(CC(=O)c2cc(CN(C)C(C)=O)c(O)c(C(C)(C)C)c2)C(=N)[C@@H]1c1ccccc1. The number of benzene rings is 2. The molecule has 0 saturated carbocycles. The molecular weight excluding hydrogens is 518 g/mol. The zero-order valence-corrected chi connectivity index (χ0v) is 24.0. The quantitative estimate of drug-likeness (QED) is 0.394. The number of phenols is 1. The first-order chi connectivity index (χ1) is 16.4. The van der Waals surface area contributed by atoms with Crippen molar-refractivity contribution in [2.75, 3.05) is 20.1 Å². The van der Waals surface area contributed by atoms with Gasteiger partial charge in [0.25, 0.3) is 0 Å². The second-order valence-corrected chi connectivity index (χ2v) is 10.8. The maximum Gasteiger partial charge on any atom is 0.219 e. The molecule has 1 fully saturated rings. The summed E-state index contributed by atoms with van der Waals surface area (Å²) in [4.78, 5) is 28.7. The van der Waals surface area contributed by atoms with Crippen molar-refractivity contribution >= 4 is 34.5 Å². The molecule has 2 aromatic carbocycles. The van der Waals surface area contributed by atoms with Crippen LogP contribution in [0.25, 0.3) is 0 Å². The highest BCUT2D eigenvalue weighted by Crippen LogP contribution is 2.38. The first-order valence-electron chi connectivity index (χ1n) is 12.4. The van der Waals surface area contributed by atoms with Gasteiger partial charge < -0.3 is 14.9 Å². The molecule has 0 radical (unpaired) electrons. The average Bonchev–Trinajstić information content (AvgIpc) is 3.09. The van der Waals surface area contributed by atoms with Crippen LogP contribution in [0, 0.1) is 11.3 Å². The Balaban J connectivity index is 0.00000456. The topological polar surface area (TPSA) is 84.7 Å². The number of likely N-dealkylation sites (tertiary alicyclic amines) is 1. The lowest BCUT2D eigenvalue weighted by atomic mass is 9.83. The van der Waals surface area contributed by atoms with Crippen molar-refractivity contribution in [2.24, 2.45) is 5.92 Å². The molecule has 1 amide bonds. The molecule has 1 heterocycles. The molecule has 1 saturated heterocycles. The van der Waals surface area contributed by atoms with Crippen molar-refractivity contribution < 1.29 is 14.7 Å². The van der Waals surface area contributed by atoms with Crippen molar-refractivity contribution in [1.82, 2.24) is 9.80 Å². The second kappa shape index (κ2) is 12.0. The molecule has 1 aliphatic heterocycles. The summed E-state index contributed by atoms with van der Waals surface area (Å²) in [7, 11) is 1.68. The molecule has 0 aliphatic carbocycles. The first-order valence-corrected chi connectivity index (χ1v) is 12.4. The van der Waals surface area contributed by atoms with Crippen LogP contribution < -0.4 is 0 Å². The van der Waals surface area contributed by atoms with Crippen LogP contribution >= 0.6 is 17.0 Å². The highest BCUT2D eigenvalue weighted by atomic mass is 79.9. The first kappa shape index (κ1) is 29.6. The highest BCUT2D eigenvalue weighted by molar-refractivity contribution is 8.93. The Hall–Kier alpha value is -2.67. The lowest BCUT2D eigenvalue weighted by molar-refractivity contribution is -0.128. The largest absolute Gasteiger partial charge is 0.507 e. The van der Waals surface area contributed by atoms with Gasteiger partial charge in [-0.1, -0.05) is 64.4 Å². The van der Waals surface area contributed by atoms with Crippen LogP contribution in [-0.2, 0) is 16.8 Å². The van der Waals surface area contributed by atoms with Crippen molar-refractivity contribution in [2.45, 2.75) is 65.3 Å². The maximum absolute atomic E-state index is 13.5. The number of amides is 1. The van der Waals surface area contributed by atoms with E-state index >= 15 is 0 Å². The van der Waals surface area contributed by atoms with E-state index < -0.39 is 0 Å². The Morgan fingerprint density at radius 3 is 2.36 bits per heavy atom. The van der Waals surface area contributed by atoms with Crippen LogP contribution in [0.4, 0.5) is 0 Å². The van der Waals surface area contributed by atoms with Crippen LogP contribution in [0.2, 0.25) is 0 Å². The summed E-state index contributed by atoms with van der Waals surface area (Å²) in [6.45, 7) is 10.6. The summed E-state index contributed by atoms with van der Waals surface area (Å²) >= 11 is 0. The predicted octanol–water partition coefficient (Wildman–Crippen LogP) is 5.92. The summed E-state index contributed by atoms with van der Waals surface area (Å²) in [5.41, 5.74) is 2.48. The van der Waals surface area contributed by atoms with Crippen LogP contribution in [0.3, 0.4) is 0 Å². The Bertz CT molecular complexity index is 1090. The zero-order valence-electron chi connectivity index (χ0n) is 22.3. The van der Waals surface area contributed by atoms with Gasteiger partial charge in [0.15, 0.2) is 5.78 Å². The summed E-state index contributed by atoms with van der Waals surface area (Å²) in [5.74, 6) is 0.715. The summed E-state index contributed by atoms with van der Waals surface area (Å²) in [6.07, 6.45) is 2.03. The Morgan fingerprint density at radius 2 is 1.81 bits per heavy atom. The molecule has 2 atom stereocenters. The van der Waals surface area contributed by atoms with Gasteiger partial charge in [0, 0.05) is 49.7 Å². The van der Waals surface area contributed by atoms with Crippen molar-refractivity contribution in [3.05, 3.63) is 64.7 Å². The van der Waals surface area contributed by atoms with E-state index in [2.05, 4.69) is 19.1 Å². The standard InChI is InChI=1S/C29H39N3O3.BrH/c1-7-11-21-17-32(28(30)26(21)20-12-9-8-10-13-20)18-25(34)22-14-23(16-31(6)19(2)33)27(35)24(15-22)29(3,4)5;/h8-10,12-15,21,26,30,35H,7,11,16-18H2,1-6H3;1H/t21-,26+;/m0./s1. The summed E-state index contributed by atoms with van der Waals surface area (Å²) < 4.78 is 0. The minimum Gasteiger partial charge on any atom is -0.507 e. The monoisotopic (exact) mass is 557 g/mol. The van der Waals surface area contributed by atoms with Gasteiger partial charge in [0.1, 0.15) is 11.6 Å². The number of rotatable bonds is 8. The van der Waals surface area contributed by atoms with Gasteiger partial charge in [0.05, 0.1) is 6.54 Å². The second-order valence-electron chi connectivity index (χ2n) is 10.8. The number of aromatic hydroxyl groups is 1. The third-order valence-electron chi connectivity index (χ3n) is 6.98. The number of hydrogen-bond donors (Lipinski definition) is 2. The number of carbonyl (C=O) groups is 2. The minimum atomic E-state index is -0.380. The van der Waals surface area contributed by atoms with Gasteiger partial charge in [-0.2, -0.15) is 0 Å². The fraction of sp³-hybridized carbons (Fsp3) is 0.483. The van der Waals surface area contributed by atoms with Crippen LogP contribution in [0.5, 0.6) is 5.75 Å². The van der Waals surface area contributed by atoms with Crippen LogP contribution in [-0.4, -0.2) is 52.6 Å². The molecule has 0 aromatic heterocycles. The molecule has 3 rings (SSSR count). The van der Waals surface area contributed by atoms with Crippen LogP contribution in [0.15, 0.2) is 42.5 Å². The van der Waals surface area contributed by atoms with Gasteiger partial charge in [-0.05, 0) is 35.4 Å². The molecule has 1 aliphatic rings. The zero-order chi connectivity index (χ0) is 25.9. The molecule has 2 aromatic rings. The van der Waals surface area contributed by atoms with Crippen molar-refractivity contribution in [1.29, 1.82) is 5.41 Å². The number of Topliss-reactive ketones (excluding diaryl/α,β-unsaturated/α-hetero) is 1. The fourth-order valence-electron chi connectivity index (χ4n) is 4.95. The Morgan fingerprint density at radius 1 is 1.17 bits per heavy atom. The van der Waals surface area contributed by atoms with E-state index in [0.29, 0.717) is 35.0 Å². The van der Waals surface area contributed by atoms with Gasteiger partial charge in [0.2, 0.25) is 5.91 Å². The van der Waals surface area contributed by atoms with Gasteiger partial charge in [-0.15, -0.1) is 17.0 Å². The van der Waals surface area contributed by atoms with E-state index in [1.54, 1.807) is 19.2 Å². The average molecular weight is 559 g/mol. The molecular formula is C29H40BrN3O3. The molecule has 6 nitrogen and oxygen atoms in total. The van der Waals surface area contributed by atoms with E-state index in [4.69, 9.17) is 5.41 Å². The number of phenolic OH excluding ortho intramolecular Hbond substituents is 1. The third-order valence-corrected chi connectivity index (χ3v) is 6.98. The van der Waals surface area contributed by atoms with Gasteiger partial charge in [-0.25, -0.2) is 0 Å². The highest BCUT2D eigenvalue weighted by Gasteiger charge is 2.38. The smallest absolute Gasteiger partial charge is 0.219 e. The number of carbonyl (C=O) groups excluding carboxylic acids is 2. The van der Waals surface area contributed by atoms with E-state index in [1.165, 1.54) is 11.8 Å². The summed E-state index contributed by atoms with van der Waals surface area (Å²) in [6, 6.07) is 13.6. The van der Waals surface area contributed by atoms with Crippen molar-refractivity contribution in [3.63, 3.8) is 0 Å². The van der Waals surface area contributed by atoms with E-state index in [1.807, 2.05) is 43.9 Å². The molecule has 196 valence electrons. The molecule has 0 bridgehead atoms. The van der Waals surface area contributed by atoms with Gasteiger partial charge >= 0.3 is 0 Å². The summed E-state index contributed by atoms with van der Waals surface area (Å²) in [5, 5.41) is 19.9. The predicted molar refractivity (Wildman–Crippen MR) is 150 cm³/mol. The minimum absolute atomic E-state index is 0. The number of hydrogen-bond acceptors (Lipinski definition) is 4. The lowest BCUT2D eigenvalue weighted by Crippen LogP contribution is -2.32. The Labute approximate surface area is 226 Å². The lowest BCUT2D eigenvalue weighted by Gasteiger charge is -2.25. The molecule has 2 N–H and O–H groups in total. The molecule has 0 spiro atoms. The number of ketones is 1. The van der Waals surface area contributed by atoms with E-state index in [9.17, 15) is 14.7 Å². The number of amidine groups is 1. The fourth-order valence-corrected chi connectivity index (χ4v) is 4.95. The van der Waals surface area contributed by atoms with Crippen molar-refractivity contribution in [3.8, 4) is 5.75 Å². The normalized spacial score (nSPS) is 17.6. The number of halogens is 1. The van der Waals surface area contributed by atoms with E-state index in [-0.39, 0.29) is 58.8 Å². The van der Waals surface area contributed by atoms with E-state index in [0.717, 1.165) is 18.4 Å². The molecule has 36 heavy (non-hydrogen) atoms. The molecule has 0 unspecified atom stereocenters. The van der Waals surface area contributed by atoms with Gasteiger partial charge in [-0.3, -0.25) is 15.0 Å². The van der Waals surface area contributed by atoms with Crippen LogP contribution in [0.1, 0.15) is 80.4 Å². The third kappa shape index (κ3) is 6.55.